The number of carbonyl (C=O) groups is 1. The molecule has 0 aliphatic rings. The van der Waals surface area contributed by atoms with Crippen LogP contribution in [0.25, 0.3) is 0 Å². The van der Waals surface area contributed by atoms with Crippen LogP contribution in [0.2, 0.25) is 0 Å². The minimum absolute atomic E-state index is 0.0109. The molecule has 0 heterocycles. The molecule has 0 aromatic heterocycles. The maximum Gasteiger partial charge on any atom is 0.271 e. The van der Waals surface area contributed by atoms with Crippen LogP contribution in [0.15, 0.2) is 24.3 Å². The van der Waals surface area contributed by atoms with Crippen molar-refractivity contribution in [1.82, 2.24) is 0 Å². The van der Waals surface area contributed by atoms with E-state index in [2.05, 4.69) is 0 Å². The van der Waals surface area contributed by atoms with Gasteiger partial charge in [-0.05, 0) is 6.07 Å². The van der Waals surface area contributed by atoms with Crippen LogP contribution in [-0.4, -0.2) is 17.9 Å². The first-order chi connectivity index (χ1) is 7.06. The smallest absolute Gasteiger partial charge is 0.271 e. The Balaban J connectivity index is 3.00. The molecule has 0 fully saturated rings. The van der Waals surface area contributed by atoms with Crippen molar-refractivity contribution in [2.45, 2.75) is 13.3 Å². The lowest BCUT2D eigenvalue weighted by Crippen LogP contribution is -2.24. The average molecular weight is 208 g/mol. The van der Waals surface area contributed by atoms with E-state index in [-0.39, 0.29) is 11.6 Å². The second kappa shape index (κ2) is 4.54. The molecule has 0 saturated heterocycles. The summed E-state index contributed by atoms with van der Waals surface area (Å²) in [7, 11) is 1.60. The van der Waals surface area contributed by atoms with Crippen LogP contribution in [0.4, 0.5) is 11.4 Å². The maximum atomic E-state index is 11.3. The molecule has 1 aromatic carbocycles. The topological polar surface area (TPSA) is 63.5 Å². The zero-order valence-corrected chi connectivity index (χ0v) is 8.64. The second-order valence-corrected chi connectivity index (χ2v) is 3.08. The normalized spacial score (nSPS) is 9.73. The number of hydrogen-bond acceptors (Lipinski definition) is 3. The SMILES string of the molecule is CCC(=O)N(C)c1cccc([N+](=O)[O-])c1. The molecule has 0 aliphatic heterocycles. The zero-order chi connectivity index (χ0) is 11.4. The fourth-order valence-corrected chi connectivity index (χ4v) is 1.20. The highest BCUT2D eigenvalue weighted by Crippen LogP contribution is 2.20. The minimum Gasteiger partial charge on any atom is -0.315 e. The summed E-state index contributed by atoms with van der Waals surface area (Å²) in [4.78, 5) is 22.8. The Bertz CT molecular complexity index is 390. The van der Waals surface area contributed by atoms with E-state index >= 15 is 0 Å². The summed E-state index contributed by atoms with van der Waals surface area (Å²) in [5.74, 6) is -0.0736. The van der Waals surface area contributed by atoms with Crippen LogP contribution in [-0.2, 0) is 4.79 Å². The quantitative estimate of drug-likeness (QED) is 0.563. The Hall–Kier alpha value is -1.91. The Morgan fingerprint density at radius 3 is 2.73 bits per heavy atom. The van der Waals surface area contributed by atoms with Crippen molar-refractivity contribution in [3.8, 4) is 0 Å². The predicted molar refractivity (Wildman–Crippen MR) is 56.8 cm³/mol. The lowest BCUT2D eigenvalue weighted by Gasteiger charge is -2.15. The highest BCUT2D eigenvalue weighted by molar-refractivity contribution is 5.92. The summed E-state index contributed by atoms with van der Waals surface area (Å²) in [6.07, 6.45) is 0.374. The third-order valence-electron chi connectivity index (χ3n) is 2.10. The van der Waals surface area contributed by atoms with Crippen LogP contribution in [0.5, 0.6) is 0 Å². The molecule has 0 saturated carbocycles. The number of nitrogens with zero attached hydrogens (tertiary/aromatic N) is 2. The Kier molecular flexibility index (Phi) is 3.38. The van der Waals surface area contributed by atoms with Gasteiger partial charge in [0.15, 0.2) is 0 Å². The van der Waals surface area contributed by atoms with E-state index in [1.165, 1.54) is 17.0 Å². The van der Waals surface area contributed by atoms with E-state index in [9.17, 15) is 14.9 Å². The first-order valence-electron chi connectivity index (χ1n) is 4.57. The molecule has 0 aliphatic carbocycles. The van der Waals surface area contributed by atoms with Gasteiger partial charge in [-0.25, -0.2) is 0 Å². The van der Waals surface area contributed by atoms with Crippen molar-refractivity contribution in [1.29, 1.82) is 0 Å². The lowest BCUT2D eigenvalue weighted by atomic mass is 10.2. The first-order valence-corrected chi connectivity index (χ1v) is 4.57. The standard InChI is InChI=1S/C10H12N2O3/c1-3-10(13)11(2)8-5-4-6-9(7-8)12(14)15/h4-7H,3H2,1-2H3. The van der Waals surface area contributed by atoms with E-state index in [0.29, 0.717) is 12.1 Å². The molecule has 0 bridgehead atoms. The van der Waals surface area contributed by atoms with Gasteiger partial charge in [0.1, 0.15) is 0 Å². The van der Waals surface area contributed by atoms with Crippen molar-refractivity contribution >= 4 is 17.3 Å². The van der Waals surface area contributed by atoms with Gasteiger partial charge in [0.25, 0.3) is 5.69 Å². The molecule has 0 N–H and O–H groups in total. The highest BCUT2D eigenvalue weighted by Gasteiger charge is 2.12. The van der Waals surface area contributed by atoms with Crippen molar-refractivity contribution in [3.05, 3.63) is 34.4 Å². The third-order valence-corrected chi connectivity index (χ3v) is 2.10. The van der Waals surface area contributed by atoms with Crippen molar-refractivity contribution in [3.63, 3.8) is 0 Å². The van der Waals surface area contributed by atoms with E-state index in [1.54, 1.807) is 26.1 Å². The monoisotopic (exact) mass is 208 g/mol. The molecular formula is C10H12N2O3. The fourth-order valence-electron chi connectivity index (χ4n) is 1.20. The summed E-state index contributed by atoms with van der Waals surface area (Å²) in [5.41, 5.74) is 0.527. The Morgan fingerprint density at radius 2 is 2.20 bits per heavy atom. The fraction of sp³-hybridized carbons (Fsp3) is 0.300. The predicted octanol–water partition coefficient (Wildman–Crippen LogP) is 1.97. The highest BCUT2D eigenvalue weighted by atomic mass is 16.6. The molecule has 15 heavy (non-hydrogen) atoms. The van der Waals surface area contributed by atoms with Gasteiger partial charge < -0.3 is 4.90 Å². The lowest BCUT2D eigenvalue weighted by molar-refractivity contribution is -0.384. The van der Waals surface area contributed by atoms with E-state index < -0.39 is 4.92 Å². The number of rotatable bonds is 3. The minimum atomic E-state index is -0.478. The average Bonchev–Trinajstić information content (AvgIpc) is 2.27. The number of carbonyl (C=O) groups excluding carboxylic acids is 1. The van der Waals surface area contributed by atoms with Crippen LogP contribution < -0.4 is 4.90 Å². The molecule has 0 spiro atoms. The molecule has 5 nitrogen and oxygen atoms in total. The number of hydrogen-bond donors (Lipinski definition) is 0. The van der Waals surface area contributed by atoms with E-state index in [4.69, 9.17) is 0 Å². The number of anilines is 1. The van der Waals surface area contributed by atoms with Gasteiger partial charge in [0, 0.05) is 25.6 Å². The van der Waals surface area contributed by atoms with Gasteiger partial charge in [-0.15, -0.1) is 0 Å². The first kappa shape index (κ1) is 11.2. The number of non-ortho nitro benzene ring substituents is 1. The summed E-state index contributed by atoms with van der Waals surface area (Å²) >= 11 is 0. The van der Waals surface area contributed by atoms with Crippen LogP contribution in [0.1, 0.15) is 13.3 Å². The van der Waals surface area contributed by atoms with Gasteiger partial charge in [-0.2, -0.15) is 0 Å². The van der Waals surface area contributed by atoms with Crippen LogP contribution in [0.3, 0.4) is 0 Å². The van der Waals surface area contributed by atoms with Gasteiger partial charge in [0.2, 0.25) is 5.91 Å². The summed E-state index contributed by atoms with van der Waals surface area (Å²) < 4.78 is 0. The number of benzene rings is 1. The van der Waals surface area contributed by atoms with Gasteiger partial charge in [-0.1, -0.05) is 13.0 Å². The summed E-state index contributed by atoms with van der Waals surface area (Å²) in [5, 5.41) is 10.5. The third kappa shape index (κ3) is 2.52. The zero-order valence-electron chi connectivity index (χ0n) is 8.64. The molecule has 1 aromatic rings. The Labute approximate surface area is 87.5 Å². The van der Waals surface area contributed by atoms with Gasteiger partial charge in [0.05, 0.1) is 10.6 Å². The molecule has 0 radical (unpaired) electrons. The van der Waals surface area contributed by atoms with Crippen molar-refractivity contribution in [2.24, 2.45) is 0 Å². The van der Waals surface area contributed by atoms with Gasteiger partial charge in [-0.3, -0.25) is 14.9 Å². The van der Waals surface area contributed by atoms with Crippen LogP contribution in [0, 0.1) is 10.1 Å². The summed E-state index contributed by atoms with van der Waals surface area (Å²) in [6.45, 7) is 1.75. The van der Waals surface area contributed by atoms with Crippen molar-refractivity contribution < 1.29 is 9.72 Å². The number of nitro benzene ring substituents is 1. The molecule has 0 unspecified atom stereocenters. The largest absolute Gasteiger partial charge is 0.315 e. The second-order valence-electron chi connectivity index (χ2n) is 3.08. The molecule has 1 amide bonds. The molecule has 5 heteroatoms. The maximum absolute atomic E-state index is 11.3. The number of amides is 1. The molecule has 1 rings (SSSR count). The van der Waals surface area contributed by atoms with E-state index in [1.807, 2.05) is 0 Å². The van der Waals surface area contributed by atoms with Gasteiger partial charge >= 0.3 is 0 Å². The van der Waals surface area contributed by atoms with Crippen molar-refractivity contribution in [2.75, 3.05) is 11.9 Å². The van der Waals surface area contributed by atoms with Crippen LogP contribution >= 0.6 is 0 Å². The molecule has 80 valence electrons. The summed E-state index contributed by atoms with van der Waals surface area (Å²) in [6, 6.07) is 6.01. The molecular weight excluding hydrogens is 196 g/mol. The number of nitro groups is 1. The Morgan fingerprint density at radius 1 is 1.53 bits per heavy atom. The van der Waals surface area contributed by atoms with E-state index in [0.717, 1.165) is 0 Å². The molecule has 0 atom stereocenters.